The van der Waals surface area contributed by atoms with Crippen LogP contribution in [0.25, 0.3) is 0 Å². The Morgan fingerprint density at radius 2 is 2.08 bits per heavy atom. The van der Waals surface area contributed by atoms with Crippen LogP contribution in [-0.2, 0) is 16.3 Å². The molecule has 1 aliphatic rings. The van der Waals surface area contributed by atoms with E-state index in [4.69, 9.17) is 0 Å². The molecule has 0 bridgehead atoms. The van der Waals surface area contributed by atoms with Gasteiger partial charge in [0.05, 0.1) is 10.6 Å². The van der Waals surface area contributed by atoms with Gasteiger partial charge in [-0.2, -0.15) is 0 Å². The quantitative estimate of drug-likeness (QED) is 0.641. The SMILES string of the molecule is O=S1(=O)CCc2cc(S)ccc21. The normalized spacial score (nSPS) is 19.1. The first-order valence-electron chi connectivity index (χ1n) is 3.64. The smallest absolute Gasteiger partial charge is 0.178 e. The highest BCUT2D eigenvalue weighted by molar-refractivity contribution is 7.91. The van der Waals surface area contributed by atoms with Gasteiger partial charge < -0.3 is 0 Å². The third-order valence-electron chi connectivity index (χ3n) is 2.02. The highest BCUT2D eigenvalue weighted by Crippen LogP contribution is 2.27. The second kappa shape index (κ2) is 2.50. The maximum Gasteiger partial charge on any atom is 0.178 e. The van der Waals surface area contributed by atoms with E-state index >= 15 is 0 Å². The molecule has 0 saturated heterocycles. The third-order valence-corrected chi connectivity index (χ3v) is 4.11. The molecule has 12 heavy (non-hydrogen) atoms. The third kappa shape index (κ3) is 1.15. The van der Waals surface area contributed by atoms with Crippen molar-refractivity contribution in [1.82, 2.24) is 0 Å². The van der Waals surface area contributed by atoms with Crippen LogP contribution in [0.2, 0.25) is 0 Å². The van der Waals surface area contributed by atoms with Gasteiger partial charge in [-0.15, -0.1) is 12.6 Å². The van der Waals surface area contributed by atoms with Crippen molar-refractivity contribution in [2.24, 2.45) is 0 Å². The van der Waals surface area contributed by atoms with Crippen molar-refractivity contribution in [2.75, 3.05) is 5.75 Å². The lowest BCUT2D eigenvalue weighted by Crippen LogP contribution is -1.98. The van der Waals surface area contributed by atoms with Crippen LogP contribution < -0.4 is 0 Å². The van der Waals surface area contributed by atoms with Crippen molar-refractivity contribution in [3.05, 3.63) is 23.8 Å². The molecule has 0 unspecified atom stereocenters. The van der Waals surface area contributed by atoms with Crippen LogP contribution in [0.15, 0.2) is 28.0 Å². The summed E-state index contributed by atoms with van der Waals surface area (Å²) >= 11 is 4.15. The summed E-state index contributed by atoms with van der Waals surface area (Å²) in [7, 11) is -2.96. The summed E-state index contributed by atoms with van der Waals surface area (Å²) in [6.07, 6.45) is 0.631. The number of aryl methyl sites for hydroxylation is 1. The van der Waals surface area contributed by atoms with Gasteiger partial charge in [0.15, 0.2) is 9.84 Å². The van der Waals surface area contributed by atoms with E-state index in [9.17, 15) is 8.42 Å². The zero-order chi connectivity index (χ0) is 8.77. The summed E-state index contributed by atoms with van der Waals surface area (Å²) in [5, 5.41) is 0. The average Bonchev–Trinajstić information content (AvgIpc) is 2.27. The zero-order valence-electron chi connectivity index (χ0n) is 6.32. The van der Waals surface area contributed by atoms with E-state index in [0.717, 1.165) is 10.5 Å². The monoisotopic (exact) mass is 200 g/mol. The highest BCUT2D eigenvalue weighted by atomic mass is 32.2. The van der Waals surface area contributed by atoms with Crippen LogP contribution in [0.5, 0.6) is 0 Å². The van der Waals surface area contributed by atoms with E-state index in [1.165, 1.54) is 0 Å². The Morgan fingerprint density at radius 1 is 1.33 bits per heavy atom. The minimum absolute atomic E-state index is 0.250. The zero-order valence-corrected chi connectivity index (χ0v) is 8.03. The van der Waals surface area contributed by atoms with Crippen LogP contribution in [0.3, 0.4) is 0 Å². The molecular formula is C8H8O2S2. The Balaban J connectivity index is 2.71. The van der Waals surface area contributed by atoms with E-state index < -0.39 is 9.84 Å². The lowest BCUT2D eigenvalue weighted by molar-refractivity contribution is 0.600. The lowest BCUT2D eigenvalue weighted by Gasteiger charge is -1.97. The number of benzene rings is 1. The summed E-state index contributed by atoms with van der Waals surface area (Å²) in [6.45, 7) is 0. The van der Waals surface area contributed by atoms with Gasteiger partial charge in [-0.05, 0) is 30.2 Å². The average molecular weight is 200 g/mol. The molecule has 1 heterocycles. The van der Waals surface area contributed by atoms with Gasteiger partial charge in [0, 0.05) is 4.90 Å². The van der Waals surface area contributed by atoms with Gasteiger partial charge in [0.25, 0.3) is 0 Å². The first-order chi connectivity index (χ1) is 5.59. The summed E-state index contributed by atoms with van der Waals surface area (Å²) in [5.74, 6) is 0.250. The van der Waals surface area contributed by atoms with Crippen molar-refractivity contribution in [3.63, 3.8) is 0 Å². The molecule has 0 amide bonds. The Morgan fingerprint density at radius 3 is 2.83 bits per heavy atom. The molecule has 2 nitrogen and oxygen atoms in total. The van der Waals surface area contributed by atoms with E-state index in [0.29, 0.717) is 11.3 Å². The fourth-order valence-corrected chi connectivity index (χ4v) is 3.19. The highest BCUT2D eigenvalue weighted by Gasteiger charge is 2.25. The number of fused-ring (bicyclic) bond motifs is 1. The standard InChI is InChI=1S/C8H8O2S2/c9-12(10)4-3-6-5-7(11)1-2-8(6)12/h1-2,5,11H,3-4H2. The molecule has 0 spiro atoms. The first kappa shape index (κ1) is 8.13. The van der Waals surface area contributed by atoms with Crippen molar-refractivity contribution in [2.45, 2.75) is 16.2 Å². The molecule has 64 valence electrons. The summed E-state index contributed by atoms with van der Waals surface area (Å²) in [6, 6.07) is 5.17. The van der Waals surface area contributed by atoms with Gasteiger partial charge in [-0.1, -0.05) is 0 Å². The van der Waals surface area contributed by atoms with Crippen molar-refractivity contribution >= 4 is 22.5 Å². The molecule has 0 aromatic heterocycles. The Bertz CT molecular complexity index is 421. The molecule has 4 heteroatoms. The number of thiol groups is 1. The van der Waals surface area contributed by atoms with Crippen molar-refractivity contribution in [1.29, 1.82) is 0 Å². The second-order valence-corrected chi connectivity index (χ2v) is 5.45. The lowest BCUT2D eigenvalue weighted by atomic mass is 10.2. The molecule has 0 saturated carbocycles. The van der Waals surface area contributed by atoms with E-state index in [1.54, 1.807) is 12.1 Å². The molecule has 1 aromatic rings. The summed E-state index contributed by atoms with van der Waals surface area (Å²) in [4.78, 5) is 1.31. The van der Waals surface area contributed by atoms with Crippen LogP contribution in [0, 0.1) is 0 Å². The first-order valence-corrected chi connectivity index (χ1v) is 5.74. The van der Waals surface area contributed by atoms with Crippen molar-refractivity contribution < 1.29 is 8.42 Å². The Kier molecular flexibility index (Phi) is 1.70. The minimum Gasteiger partial charge on any atom is -0.224 e. The molecule has 0 fully saturated rings. The van der Waals surface area contributed by atoms with E-state index in [1.807, 2.05) is 6.07 Å². The van der Waals surface area contributed by atoms with Gasteiger partial charge in [-0.3, -0.25) is 0 Å². The maximum absolute atomic E-state index is 11.3. The predicted octanol–water partition coefficient (Wildman–Crippen LogP) is 1.31. The molecule has 1 aliphatic heterocycles. The molecule has 2 rings (SSSR count). The molecule has 0 aliphatic carbocycles. The van der Waals surface area contributed by atoms with Gasteiger partial charge in [0.1, 0.15) is 0 Å². The van der Waals surface area contributed by atoms with Crippen LogP contribution >= 0.6 is 12.6 Å². The van der Waals surface area contributed by atoms with Crippen LogP contribution in [0.4, 0.5) is 0 Å². The number of rotatable bonds is 0. The minimum atomic E-state index is -2.96. The number of hydrogen-bond acceptors (Lipinski definition) is 3. The topological polar surface area (TPSA) is 34.1 Å². The predicted molar refractivity (Wildman–Crippen MR) is 49.5 cm³/mol. The Hall–Kier alpha value is -0.480. The second-order valence-electron chi connectivity index (χ2n) is 2.86. The van der Waals surface area contributed by atoms with Crippen LogP contribution in [-0.4, -0.2) is 14.2 Å². The number of sulfone groups is 1. The molecule has 0 radical (unpaired) electrons. The van der Waals surface area contributed by atoms with E-state index in [2.05, 4.69) is 12.6 Å². The van der Waals surface area contributed by atoms with Crippen molar-refractivity contribution in [3.8, 4) is 0 Å². The summed E-state index contributed by atoms with van der Waals surface area (Å²) < 4.78 is 22.7. The Labute approximate surface area is 76.9 Å². The fourth-order valence-electron chi connectivity index (χ4n) is 1.42. The molecule has 1 aromatic carbocycles. The molecular weight excluding hydrogens is 192 g/mol. The fraction of sp³-hybridized carbons (Fsp3) is 0.250. The molecule has 0 atom stereocenters. The van der Waals surface area contributed by atoms with Gasteiger partial charge in [0.2, 0.25) is 0 Å². The maximum atomic E-state index is 11.3. The largest absolute Gasteiger partial charge is 0.224 e. The number of hydrogen-bond donors (Lipinski definition) is 1. The van der Waals surface area contributed by atoms with Gasteiger partial charge in [-0.25, -0.2) is 8.42 Å². The molecule has 0 N–H and O–H groups in total. The van der Waals surface area contributed by atoms with Crippen LogP contribution in [0.1, 0.15) is 5.56 Å². The van der Waals surface area contributed by atoms with Gasteiger partial charge >= 0.3 is 0 Å². The summed E-state index contributed by atoms with van der Waals surface area (Å²) in [5.41, 5.74) is 0.905. The van der Waals surface area contributed by atoms with E-state index in [-0.39, 0.29) is 5.75 Å².